The van der Waals surface area contributed by atoms with Crippen LogP contribution in [-0.4, -0.2) is 17.5 Å². The normalized spacial score (nSPS) is 10.3. The van der Waals surface area contributed by atoms with Crippen LogP contribution in [0, 0.1) is 18.3 Å². The summed E-state index contributed by atoms with van der Waals surface area (Å²) in [7, 11) is 1.60. The maximum atomic E-state index is 13.0. The van der Waals surface area contributed by atoms with Crippen molar-refractivity contribution in [3.8, 4) is 11.8 Å². The van der Waals surface area contributed by atoms with Gasteiger partial charge in [0.15, 0.2) is 0 Å². The molecule has 0 aliphatic carbocycles. The minimum Gasteiger partial charge on any atom is -0.496 e. The van der Waals surface area contributed by atoms with Crippen LogP contribution in [0.5, 0.6) is 5.75 Å². The number of hydrogen-bond acceptors (Lipinski definition) is 4. The van der Waals surface area contributed by atoms with Gasteiger partial charge in [-0.05, 0) is 13.0 Å². The fourth-order valence-corrected chi connectivity index (χ4v) is 2.90. The van der Waals surface area contributed by atoms with Gasteiger partial charge in [0.25, 0.3) is 0 Å². The van der Waals surface area contributed by atoms with Gasteiger partial charge >= 0.3 is 0 Å². The average Bonchev–Trinajstić information content (AvgIpc) is 2.97. The number of aromatic nitrogens is 1. The fourth-order valence-electron chi connectivity index (χ4n) is 2.90. The highest BCUT2D eigenvalue weighted by Gasteiger charge is 2.22. The van der Waals surface area contributed by atoms with E-state index in [1.54, 1.807) is 30.0 Å². The smallest absolute Gasteiger partial charge is 0.211 e. The monoisotopic (exact) mass is 345 g/mol. The lowest BCUT2D eigenvalue weighted by Crippen LogP contribution is -2.13. The first-order valence-corrected chi connectivity index (χ1v) is 8.17. The van der Waals surface area contributed by atoms with Crippen molar-refractivity contribution in [3.63, 3.8) is 0 Å². The number of rotatable bonds is 5. The quantitative estimate of drug-likeness (QED) is 0.717. The van der Waals surface area contributed by atoms with Crippen molar-refractivity contribution in [2.24, 2.45) is 0 Å². The number of ether oxygens (including phenoxy) is 1. The highest BCUT2D eigenvalue weighted by atomic mass is 16.5. The van der Waals surface area contributed by atoms with Gasteiger partial charge in [0.05, 0.1) is 24.9 Å². The highest BCUT2D eigenvalue weighted by molar-refractivity contribution is 6.11. The third kappa shape index (κ3) is 3.17. The Morgan fingerprint density at radius 3 is 2.54 bits per heavy atom. The van der Waals surface area contributed by atoms with Gasteiger partial charge in [0.2, 0.25) is 5.78 Å². The van der Waals surface area contributed by atoms with Gasteiger partial charge in [-0.3, -0.25) is 4.79 Å². The van der Waals surface area contributed by atoms with Gasteiger partial charge in [0.1, 0.15) is 17.5 Å². The Bertz CT molecular complexity index is 995. The minimum atomic E-state index is -0.209. The molecular weight excluding hydrogens is 326 g/mol. The number of para-hydroxylation sites is 1. The second-order valence-electron chi connectivity index (χ2n) is 6.05. The van der Waals surface area contributed by atoms with E-state index in [0.29, 0.717) is 23.6 Å². The molecule has 2 aromatic carbocycles. The van der Waals surface area contributed by atoms with Crippen LogP contribution >= 0.6 is 0 Å². The van der Waals surface area contributed by atoms with Crippen molar-refractivity contribution < 1.29 is 9.53 Å². The highest BCUT2D eigenvalue weighted by Crippen LogP contribution is 2.26. The SMILES string of the molecule is COc1ccccc1Cn1cc(C#N)c(N)c1C(=O)c1ccc(C)cc1. The Morgan fingerprint density at radius 1 is 1.19 bits per heavy atom. The predicted molar refractivity (Wildman–Crippen MR) is 100 cm³/mol. The molecule has 0 bridgehead atoms. The molecule has 0 saturated heterocycles. The zero-order valence-electron chi connectivity index (χ0n) is 14.7. The second kappa shape index (κ2) is 7.16. The van der Waals surface area contributed by atoms with E-state index in [1.165, 1.54) is 0 Å². The Morgan fingerprint density at radius 2 is 1.88 bits per heavy atom. The number of hydrogen-bond donors (Lipinski definition) is 1. The van der Waals surface area contributed by atoms with Crippen LogP contribution in [0.1, 0.15) is 32.7 Å². The summed E-state index contributed by atoms with van der Waals surface area (Å²) in [5, 5.41) is 9.33. The van der Waals surface area contributed by atoms with E-state index in [1.807, 2.05) is 43.3 Å². The molecule has 0 aliphatic heterocycles. The van der Waals surface area contributed by atoms with Crippen LogP contribution in [0.4, 0.5) is 5.69 Å². The van der Waals surface area contributed by atoms with Crippen LogP contribution in [0.25, 0.3) is 0 Å². The Kier molecular flexibility index (Phi) is 4.76. The first-order valence-electron chi connectivity index (χ1n) is 8.17. The van der Waals surface area contributed by atoms with Crippen LogP contribution in [0.3, 0.4) is 0 Å². The Hall–Kier alpha value is -3.52. The molecule has 3 rings (SSSR count). The number of nitrogen functional groups attached to an aromatic ring is 1. The molecule has 5 nitrogen and oxygen atoms in total. The summed E-state index contributed by atoms with van der Waals surface area (Å²) in [6, 6.07) is 16.9. The summed E-state index contributed by atoms with van der Waals surface area (Å²) in [6.45, 7) is 2.34. The molecule has 0 fully saturated rings. The van der Waals surface area contributed by atoms with Crippen LogP contribution in [0.2, 0.25) is 0 Å². The average molecular weight is 345 g/mol. The van der Waals surface area contributed by atoms with E-state index in [4.69, 9.17) is 10.5 Å². The number of methoxy groups -OCH3 is 1. The first kappa shape index (κ1) is 17.3. The van der Waals surface area contributed by atoms with E-state index in [9.17, 15) is 10.1 Å². The van der Waals surface area contributed by atoms with E-state index in [-0.39, 0.29) is 17.0 Å². The largest absolute Gasteiger partial charge is 0.496 e. The van der Waals surface area contributed by atoms with Crippen molar-refractivity contribution in [3.05, 3.63) is 82.7 Å². The standard InChI is InChI=1S/C21H19N3O2/c1-14-7-9-15(10-8-14)21(25)20-19(23)17(11-22)13-24(20)12-16-5-3-4-6-18(16)26-2/h3-10,13H,12,23H2,1-2H3. The zero-order valence-corrected chi connectivity index (χ0v) is 14.7. The molecule has 1 heterocycles. The van der Waals surface area contributed by atoms with E-state index in [2.05, 4.69) is 6.07 Å². The topological polar surface area (TPSA) is 81.0 Å². The molecule has 0 aliphatic rings. The van der Waals surface area contributed by atoms with E-state index >= 15 is 0 Å². The molecular formula is C21H19N3O2. The van der Waals surface area contributed by atoms with Crippen molar-refractivity contribution >= 4 is 11.5 Å². The van der Waals surface area contributed by atoms with Gasteiger partial charge < -0.3 is 15.0 Å². The Labute approximate surface area is 152 Å². The lowest BCUT2D eigenvalue weighted by Gasteiger charge is -2.12. The van der Waals surface area contributed by atoms with Gasteiger partial charge in [-0.15, -0.1) is 0 Å². The summed E-state index contributed by atoms with van der Waals surface area (Å²) in [5.74, 6) is 0.505. The van der Waals surface area contributed by atoms with Crippen molar-refractivity contribution in [1.29, 1.82) is 5.26 Å². The van der Waals surface area contributed by atoms with Crippen LogP contribution < -0.4 is 10.5 Å². The Balaban J connectivity index is 2.07. The minimum absolute atomic E-state index is 0.202. The number of benzene rings is 2. The molecule has 0 spiro atoms. The molecule has 2 N–H and O–H groups in total. The predicted octanol–water partition coefficient (Wildman–Crippen LogP) is 3.54. The summed E-state index contributed by atoms with van der Waals surface area (Å²) in [4.78, 5) is 13.0. The number of carbonyl (C=O) groups is 1. The third-order valence-corrected chi connectivity index (χ3v) is 4.30. The molecule has 0 amide bonds. The first-order chi connectivity index (χ1) is 12.5. The van der Waals surface area contributed by atoms with Gasteiger partial charge in [-0.2, -0.15) is 5.26 Å². The molecule has 1 aromatic heterocycles. The van der Waals surface area contributed by atoms with E-state index in [0.717, 1.165) is 11.1 Å². The lowest BCUT2D eigenvalue weighted by atomic mass is 10.0. The number of carbonyl (C=O) groups excluding carboxylic acids is 1. The molecule has 0 radical (unpaired) electrons. The second-order valence-corrected chi connectivity index (χ2v) is 6.05. The molecule has 5 heteroatoms. The number of anilines is 1. The number of nitrogens with two attached hydrogens (primary N) is 1. The molecule has 0 unspecified atom stereocenters. The zero-order chi connectivity index (χ0) is 18.7. The van der Waals surface area contributed by atoms with Crippen molar-refractivity contribution in [2.45, 2.75) is 13.5 Å². The number of ketones is 1. The molecule has 0 saturated carbocycles. The van der Waals surface area contributed by atoms with Crippen molar-refractivity contribution in [1.82, 2.24) is 4.57 Å². The van der Waals surface area contributed by atoms with E-state index < -0.39 is 0 Å². The van der Waals surface area contributed by atoms with Crippen LogP contribution in [-0.2, 0) is 6.54 Å². The molecule has 130 valence electrons. The van der Waals surface area contributed by atoms with Crippen molar-refractivity contribution in [2.75, 3.05) is 12.8 Å². The summed E-state index contributed by atoms with van der Waals surface area (Å²) < 4.78 is 7.10. The summed E-state index contributed by atoms with van der Waals surface area (Å²) in [5.41, 5.74) is 9.41. The maximum Gasteiger partial charge on any atom is 0.211 e. The van der Waals surface area contributed by atoms with Gasteiger partial charge in [-0.1, -0.05) is 48.0 Å². The number of aryl methyl sites for hydroxylation is 1. The molecule has 3 aromatic rings. The van der Waals surface area contributed by atoms with Gasteiger partial charge in [-0.25, -0.2) is 0 Å². The summed E-state index contributed by atoms with van der Waals surface area (Å²) in [6.07, 6.45) is 1.61. The number of nitrogens with zero attached hydrogens (tertiary/aromatic N) is 2. The fraction of sp³-hybridized carbons (Fsp3) is 0.143. The maximum absolute atomic E-state index is 13.0. The lowest BCUT2D eigenvalue weighted by molar-refractivity contribution is 0.103. The third-order valence-electron chi connectivity index (χ3n) is 4.30. The van der Waals surface area contributed by atoms with Crippen LogP contribution in [0.15, 0.2) is 54.7 Å². The summed E-state index contributed by atoms with van der Waals surface area (Å²) >= 11 is 0. The molecule has 0 atom stereocenters. The molecule has 26 heavy (non-hydrogen) atoms. The number of nitriles is 1. The van der Waals surface area contributed by atoms with Gasteiger partial charge in [0, 0.05) is 17.3 Å².